The molecule has 2 atom stereocenters. The van der Waals surface area contributed by atoms with Crippen molar-refractivity contribution < 1.29 is 13.3 Å². The van der Waals surface area contributed by atoms with Gasteiger partial charge in [0.05, 0.1) is 27.9 Å². The van der Waals surface area contributed by atoms with Crippen LogP contribution < -0.4 is 0 Å². The van der Waals surface area contributed by atoms with Gasteiger partial charge in [0, 0.05) is 71.9 Å². The van der Waals surface area contributed by atoms with Gasteiger partial charge in [0.25, 0.3) is 0 Å². The topological polar surface area (TPSA) is 91.0 Å². The van der Waals surface area contributed by atoms with Gasteiger partial charge in [-0.25, -0.2) is 19.9 Å². The molecule has 6 heterocycles. The number of aromatic nitrogens is 4. The third-order valence-corrected chi connectivity index (χ3v) is 28.9. The number of furan rings is 3. The summed E-state index contributed by atoms with van der Waals surface area (Å²) in [5, 5.41) is 6.80. The number of hydrogen-bond acceptors (Lipinski definition) is 7. The Balaban J connectivity index is 0.0000001000. The second kappa shape index (κ2) is 28.4. The summed E-state index contributed by atoms with van der Waals surface area (Å²) in [6, 6.07) is 158. The highest BCUT2D eigenvalue weighted by Crippen LogP contribution is 2.70. The van der Waals surface area contributed by atoms with E-state index in [0.717, 1.165) is 117 Å². The molecule has 18 aromatic carbocycles. The monoisotopic (exact) mass is 1680 g/mol. The van der Waals surface area contributed by atoms with Crippen LogP contribution in [0.1, 0.15) is 67.4 Å². The highest BCUT2D eigenvalue weighted by atomic mass is 16.3. The van der Waals surface area contributed by atoms with Crippen LogP contribution in [0, 0.1) is 0 Å². The van der Waals surface area contributed by atoms with Gasteiger partial charge in [0.2, 0.25) is 0 Å². The average molecular weight is 1680 g/mol. The maximum atomic E-state index is 7.03. The van der Waals surface area contributed by atoms with E-state index >= 15 is 0 Å². The second-order valence-electron chi connectivity index (χ2n) is 35.4. The molecule has 0 saturated heterocycles. The number of nitrogens with zero attached hydrogens (tertiary/aromatic N) is 4. The molecule has 24 aromatic rings. The largest absolute Gasteiger partial charge is 0.459 e. The first-order valence-electron chi connectivity index (χ1n) is 45.3. The van der Waals surface area contributed by atoms with Crippen LogP contribution in [0.5, 0.6) is 0 Å². The van der Waals surface area contributed by atoms with Gasteiger partial charge in [-0.15, -0.1) is 0 Å². The lowest BCUT2D eigenvalue weighted by atomic mass is 9.71. The quantitative estimate of drug-likeness (QED) is 0.164. The van der Waals surface area contributed by atoms with Crippen LogP contribution in [0.15, 0.2) is 462 Å². The fraction of sp³-hybridized carbons (Fsp3) is 0.0240. The Labute approximate surface area is 760 Å². The van der Waals surface area contributed by atoms with Crippen LogP contribution in [0.25, 0.3) is 200 Å². The first-order valence-corrected chi connectivity index (χ1v) is 45.3. The molecule has 3 spiro atoms. The number of hydrogen-bond donors (Lipinski definition) is 0. The van der Waals surface area contributed by atoms with E-state index in [0.29, 0.717) is 0 Å². The summed E-state index contributed by atoms with van der Waals surface area (Å²) >= 11 is 0. The van der Waals surface area contributed by atoms with Gasteiger partial charge in [0.15, 0.2) is 5.82 Å². The van der Waals surface area contributed by atoms with Crippen LogP contribution in [0.2, 0.25) is 0 Å². The van der Waals surface area contributed by atoms with E-state index in [2.05, 4.69) is 413 Å². The number of fused-ring (bicyclic) bond motifs is 39. The van der Waals surface area contributed by atoms with Crippen molar-refractivity contribution in [3.05, 3.63) is 516 Å². The van der Waals surface area contributed by atoms with E-state index in [1.165, 1.54) is 150 Å². The van der Waals surface area contributed by atoms with Crippen LogP contribution in [0.4, 0.5) is 0 Å². The molecule has 0 bridgehead atoms. The zero-order valence-corrected chi connectivity index (χ0v) is 71.2. The fourth-order valence-electron chi connectivity index (χ4n) is 23.6. The number of rotatable bonds is 6. The lowest BCUT2D eigenvalue weighted by Crippen LogP contribution is -2.26. The summed E-state index contributed by atoms with van der Waals surface area (Å²) in [6.07, 6.45) is 1.91. The van der Waals surface area contributed by atoms with Crippen molar-refractivity contribution >= 4 is 65.6 Å². The molecule has 6 aliphatic rings. The van der Waals surface area contributed by atoms with Crippen LogP contribution >= 0.6 is 0 Å². The normalized spacial score (nSPS) is 15.1. The molecule has 2 unspecified atom stereocenters. The zero-order chi connectivity index (χ0) is 86.5. The van der Waals surface area contributed by atoms with Gasteiger partial charge in [-0.3, -0.25) is 0 Å². The minimum Gasteiger partial charge on any atom is -0.459 e. The molecule has 0 N–H and O–H groups in total. The van der Waals surface area contributed by atoms with E-state index in [-0.39, 0.29) is 0 Å². The molecular weight excluding hydrogens is 1610 g/mol. The fourth-order valence-corrected chi connectivity index (χ4v) is 23.6. The lowest BCUT2D eigenvalue weighted by Gasteiger charge is -2.30. The van der Waals surface area contributed by atoms with Gasteiger partial charge in [-0.2, -0.15) is 0 Å². The van der Waals surface area contributed by atoms with Gasteiger partial charge in [-0.05, 0) is 188 Å². The molecule has 0 aliphatic heterocycles. The van der Waals surface area contributed by atoms with Gasteiger partial charge >= 0.3 is 0 Å². The minimum absolute atomic E-state index is 0.538. The summed E-state index contributed by atoms with van der Waals surface area (Å²) in [5.74, 6) is 3.74. The van der Waals surface area contributed by atoms with E-state index in [9.17, 15) is 0 Å². The molecule has 0 amide bonds. The molecule has 30 rings (SSSR count). The van der Waals surface area contributed by atoms with E-state index < -0.39 is 16.2 Å². The summed E-state index contributed by atoms with van der Waals surface area (Å²) < 4.78 is 20.8. The van der Waals surface area contributed by atoms with Gasteiger partial charge < -0.3 is 13.3 Å². The van der Waals surface area contributed by atoms with E-state index in [1.807, 2.05) is 36.5 Å². The molecule has 7 nitrogen and oxygen atoms in total. The molecule has 132 heavy (non-hydrogen) atoms. The Morgan fingerprint density at radius 1 is 0.189 bits per heavy atom. The predicted molar refractivity (Wildman–Crippen MR) is 534 cm³/mol. The maximum Gasteiger partial charge on any atom is 0.159 e. The van der Waals surface area contributed by atoms with Crippen molar-refractivity contribution in [1.29, 1.82) is 0 Å². The molecule has 6 aliphatic carbocycles. The van der Waals surface area contributed by atoms with Gasteiger partial charge in [0.1, 0.15) is 50.3 Å². The molecule has 612 valence electrons. The van der Waals surface area contributed by atoms with Crippen LogP contribution in [-0.4, -0.2) is 19.9 Å². The highest BCUT2D eigenvalue weighted by molar-refractivity contribution is 6.11. The smallest absolute Gasteiger partial charge is 0.159 e. The van der Waals surface area contributed by atoms with E-state index in [4.69, 9.17) is 33.2 Å². The van der Waals surface area contributed by atoms with Gasteiger partial charge in [-0.1, -0.05) is 388 Å². The molecular formula is C125H74N4O3. The zero-order valence-electron chi connectivity index (χ0n) is 71.2. The van der Waals surface area contributed by atoms with Crippen LogP contribution in [-0.2, 0) is 16.2 Å². The molecule has 0 saturated carbocycles. The first kappa shape index (κ1) is 73.9. The Bertz CT molecular complexity index is 8960. The van der Waals surface area contributed by atoms with Crippen molar-refractivity contribution in [3.63, 3.8) is 0 Å². The standard InChI is InChI=1S/C48H29NO.C42H25NO.C35H20N2O/c1-2-13-30(14-3-1)31-25-27-32(28-26-31)39-29-43(49-42-23-10-6-17-35(39)42)36-19-12-20-38-45-37-18-7-11-24-44(37)50-47(45)48(46(36)38)40-21-8-4-15-33(40)34-16-5-9-22-41(34)48;1-2-13-26(14-3-1)32-25-37(43-36-23-10-6-15-27(32)36)30-19-12-22-35-39(30)28-16-4-8-20-33(28)42(35)34-21-9-5-17-29(34)40-31-18-7-11-24-38(31)44-41(40)42;1-7-15-30-22(9-1)20-36-34(37-30)21-17-18-24-23-10-2-5-13-27(23)35(29(24)19-21)28-14-6-3-11-25(28)32-26-12-4-8-16-31(26)38-33(32)35/h1-29H;1-25H;1-20H. The summed E-state index contributed by atoms with van der Waals surface area (Å²) in [5.41, 5.74) is 42.3. The molecule has 6 aromatic heterocycles. The summed E-state index contributed by atoms with van der Waals surface area (Å²) in [4.78, 5) is 20.4. The van der Waals surface area contributed by atoms with Crippen LogP contribution in [0.3, 0.4) is 0 Å². The first-order chi connectivity index (χ1) is 65.5. The van der Waals surface area contributed by atoms with Crippen molar-refractivity contribution in [1.82, 2.24) is 19.9 Å². The summed E-state index contributed by atoms with van der Waals surface area (Å²) in [6.45, 7) is 0. The minimum atomic E-state index is -0.627. The number of pyridine rings is 2. The van der Waals surface area contributed by atoms with Crippen molar-refractivity contribution in [3.8, 4) is 134 Å². The Kier molecular flexibility index (Phi) is 15.9. The second-order valence-corrected chi connectivity index (χ2v) is 35.4. The SMILES string of the molecule is c1ccc(-c2cc(-c3cccc4c3-c3ccccc3C43c4ccccc4-c4c3oc3ccccc43)nc3ccccc23)cc1.c1ccc(-c2ccc(-c3cc(-c4cccc5c4C4(c6ccccc6-c6ccccc64)c4oc6ccccc6c4-5)nc4ccccc34)cc2)cc1.c1ccc2c(c1)-c1ccc(-c3ncc4ccccc4n3)cc1C21c2ccccc2-c2c1oc1ccccc21. The Morgan fingerprint density at radius 3 is 1.08 bits per heavy atom. The predicted octanol–water partition coefficient (Wildman–Crippen LogP) is 31.4. The van der Waals surface area contributed by atoms with Crippen molar-refractivity contribution in [2.45, 2.75) is 16.2 Å². The average Bonchev–Trinajstić information content (AvgIpc) is 1.50. The molecule has 0 fully saturated rings. The third-order valence-electron chi connectivity index (χ3n) is 28.9. The van der Waals surface area contributed by atoms with E-state index in [1.54, 1.807) is 0 Å². The Morgan fingerprint density at radius 2 is 0.530 bits per heavy atom. The van der Waals surface area contributed by atoms with Crippen molar-refractivity contribution in [2.75, 3.05) is 0 Å². The molecule has 7 heteroatoms. The third kappa shape index (κ3) is 10.2. The highest BCUT2D eigenvalue weighted by Gasteiger charge is 2.59. The maximum absolute atomic E-state index is 7.03. The lowest BCUT2D eigenvalue weighted by molar-refractivity contribution is 0.506. The number of para-hydroxylation sites is 6. The Hall–Kier alpha value is -17.3. The summed E-state index contributed by atoms with van der Waals surface area (Å²) in [7, 11) is 0. The number of benzene rings is 18. The van der Waals surface area contributed by atoms with Crippen molar-refractivity contribution in [2.24, 2.45) is 0 Å². The molecule has 0 radical (unpaired) electrons.